The Morgan fingerprint density at radius 1 is 1.03 bits per heavy atom. The van der Waals surface area contributed by atoms with E-state index in [0.717, 1.165) is 34.0 Å². The number of H-pyrrole nitrogens is 2. The van der Waals surface area contributed by atoms with Crippen molar-refractivity contribution < 1.29 is 22.9 Å². The number of nitrogens with zero attached hydrogens (tertiary/aromatic N) is 2. The van der Waals surface area contributed by atoms with Gasteiger partial charge in [-0.3, -0.25) is 4.79 Å². The van der Waals surface area contributed by atoms with Crippen molar-refractivity contribution in [2.24, 2.45) is 0 Å². The fourth-order valence-corrected chi connectivity index (χ4v) is 3.71. The van der Waals surface area contributed by atoms with Gasteiger partial charge in [-0.15, -0.1) is 0 Å². The fraction of sp³-hybridized carbons (Fsp3) is 0.0833. The Labute approximate surface area is 185 Å². The molecule has 0 aliphatic carbocycles. The summed E-state index contributed by atoms with van der Waals surface area (Å²) in [5.41, 5.74) is 3.22. The van der Waals surface area contributed by atoms with Crippen LogP contribution in [0.1, 0.15) is 21.5 Å². The Morgan fingerprint density at radius 3 is 2.70 bits per heavy atom. The zero-order chi connectivity index (χ0) is 23.2. The first-order chi connectivity index (χ1) is 15.8. The van der Waals surface area contributed by atoms with Crippen LogP contribution in [0.2, 0.25) is 0 Å². The quantitative estimate of drug-likeness (QED) is 0.399. The molecule has 0 unspecified atom stereocenters. The molecule has 3 aromatic heterocycles. The van der Waals surface area contributed by atoms with Crippen LogP contribution in [0.5, 0.6) is 0 Å². The highest BCUT2D eigenvalue weighted by Gasteiger charge is 2.30. The highest BCUT2D eigenvalue weighted by Crippen LogP contribution is 2.31. The highest BCUT2D eigenvalue weighted by atomic mass is 19.4. The van der Waals surface area contributed by atoms with E-state index in [9.17, 15) is 18.0 Å². The van der Waals surface area contributed by atoms with Gasteiger partial charge in [0.25, 0.3) is 17.9 Å². The first-order valence-electron chi connectivity index (χ1n) is 10.0. The number of benzene rings is 2. The molecule has 5 aromatic rings. The Kier molecular flexibility index (Phi) is 4.81. The normalized spacial score (nSPS) is 11.8. The van der Waals surface area contributed by atoms with Gasteiger partial charge in [0, 0.05) is 22.2 Å². The van der Waals surface area contributed by atoms with Gasteiger partial charge in [-0.25, -0.2) is 9.97 Å². The average molecular weight is 448 g/mol. The molecule has 5 rings (SSSR count). The molecule has 1 amide bonds. The summed E-state index contributed by atoms with van der Waals surface area (Å²) >= 11 is 0. The van der Waals surface area contributed by atoms with Crippen molar-refractivity contribution in [2.75, 3.05) is 5.32 Å². The molecule has 0 fully saturated rings. The van der Waals surface area contributed by atoms with E-state index in [4.69, 9.17) is 4.98 Å². The molecule has 0 saturated carbocycles. The summed E-state index contributed by atoms with van der Waals surface area (Å²) in [4.78, 5) is 27.9. The van der Waals surface area contributed by atoms with Crippen LogP contribution in [0.15, 0.2) is 67.1 Å². The molecular formula is C24H17F3N5O+. The minimum Gasteiger partial charge on any atom is -0.322 e. The van der Waals surface area contributed by atoms with Crippen LogP contribution in [0.4, 0.5) is 18.9 Å². The molecule has 3 N–H and O–H groups in total. The standard InChI is InChI=1S/C24H16F3N5O/c1-13-5-6-14(23(33)30-16-4-2-3-15(10-16)24(25,26)27)9-18(13)20-8-7-17-19-11-28-12-29-21(19)32-22(17)31-20/h2-12H,1H3,(H,30,33)(H,28,29,31,32)/p+1. The van der Waals surface area contributed by atoms with Crippen molar-refractivity contribution in [2.45, 2.75) is 13.1 Å². The van der Waals surface area contributed by atoms with Gasteiger partial charge in [-0.05, 0) is 59.9 Å². The second-order valence-corrected chi connectivity index (χ2v) is 7.61. The Hall–Kier alpha value is -4.27. The van der Waals surface area contributed by atoms with E-state index in [1.54, 1.807) is 24.5 Å². The monoisotopic (exact) mass is 448 g/mol. The number of nitrogens with one attached hydrogen (secondary N) is 3. The number of carbonyl (C=O) groups is 1. The van der Waals surface area contributed by atoms with Crippen molar-refractivity contribution in [1.29, 1.82) is 0 Å². The number of aromatic nitrogens is 4. The summed E-state index contributed by atoms with van der Waals surface area (Å²) in [7, 11) is 0. The van der Waals surface area contributed by atoms with Crippen LogP contribution in [-0.4, -0.2) is 20.9 Å². The van der Waals surface area contributed by atoms with Gasteiger partial charge in [0.15, 0.2) is 0 Å². The van der Waals surface area contributed by atoms with E-state index in [0.29, 0.717) is 22.6 Å². The number of carbonyl (C=O) groups excluding carboxylic acids is 1. The minimum atomic E-state index is -4.49. The van der Waals surface area contributed by atoms with Gasteiger partial charge in [0.05, 0.1) is 16.6 Å². The van der Waals surface area contributed by atoms with Gasteiger partial charge in [-0.2, -0.15) is 13.2 Å². The fourth-order valence-electron chi connectivity index (χ4n) is 3.71. The first-order valence-corrected chi connectivity index (χ1v) is 10.0. The van der Waals surface area contributed by atoms with Crippen LogP contribution in [-0.2, 0) is 6.18 Å². The first kappa shape index (κ1) is 20.6. The summed E-state index contributed by atoms with van der Waals surface area (Å²) in [6, 6.07) is 13.4. The second kappa shape index (κ2) is 7.70. The lowest BCUT2D eigenvalue weighted by molar-refractivity contribution is -0.380. The number of pyridine rings is 1. The predicted octanol–water partition coefficient (Wildman–Crippen LogP) is 5.17. The maximum absolute atomic E-state index is 13.0. The SMILES string of the molecule is Cc1ccc(C(=O)Nc2cccc(C(F)(F)F)c2)cc1-c1ccc2c(n1)[nH]c1nc[nH+]cc12. The number of aryl methyl sites for hydroxylation is 1. The number of hydrogen-bond donors (Lipinski definition) is 2. The van der Waals surface area contributed by atoms with Gasteiger partial charge in [0.1, 0.15) is 11.8 Å². The number of alkyl halides is 3. The van der Waals surface area contributed by atoms with Crippen LogP contribution < -0.4 is 10.3 Å². The molecule has 2 aromatic carbocycles. The lowest BCUT2D eigenvalue weighted by atomic mass is 10.0. The number of amides is 1. The molecule has 0 saturated heterocycles. The molecule has 0 radical (unpaired) electrons. The molecule has 164 valence electrons. The summed E-state index contributed by atoms with van der Waals surface area (Å²) < 4.78 is 38.9. The predicted molar refractivity (Wildman–Crippen MR) is 118 cm³/mol. The molecule has 0 aliphatic rings. The van der Waals surface area contributed by atoms with Crippen molar-refractivity contribution in [3.05, 3.63) is 83.8 Å². The Morgan fingerprint density at radius 2 is 1.88 bits per heavy atom. The minimum absolute atomic E-state index is 0.0684. The topological polar surface area (TPSA) is 84.8 Å². The molecule has 0 spiro atoms. The van der Waals surface area contributed by atoms with E-state index in [1.807, 2.05) is 25.3 Å². The molecular weight excluding hydrogens is 431 g/mol. The molecule has 0 bridgehead atoms. The number of halogens is 3. The zero-order valence-corrected chi connectivity index (χ0v) is 17.3. The molecule has 0 aliphatic heterocycles. The van der Waals surface area contributed by atoms with Crippen molar-refractivity contribution >= 4 is 33.7 Å². The largest absolute Gasteiger partial charge is 0.416 e. The highest BCUT2D eigenvalue weighted by molar-refractivity contribution is 6.06. The third kappa shape index (κ3) is 3.89. The zero-order valence-electron chi connectivity index (χ0n) is 17.3. The second-order valence-electron chi connectivity index (χ2n) is 7.61. The Bertz CT molecular complexity index is 1520. The van der Waals surface area contributed by atoms with Crippen LogP contribution in [0, 0.1) is 6.92 Å². The van der Waals surface area contributed by atoms with Gasteiger partial charge >= 0.3 is 6.18 Å². The van der Waals surface area contributed by atoms with Gasteiger partial charge < -0.3 is 10.3 Å². The van der Waals surface area contributed by atoms with E-state index in [2.05, 4.69) is 20.3 Å². The molecule has 6 nitrogen and oxygen atoms in total. The molecule has 3 heterocycles. The van der Waals surface area contributed by atoms with Crippen LogP contribution in [0.3, 0.4) is 0 Å². The van der Waals surface area contributed by atoms with Gasteiger partial charge in [0.2, 0.25) is 0 Å². The summed E-state index contributed by atoms with van der Waals surface area (Å²) in [6.07, 6.45) is -1.07. The van der Waals surface area contributed by atoms with E-state index < -0.39 is 17.6 Å². The molecule has 0 atom stereocenters. The summed E-state index contributed by atoms with van der Waals surface area (Å²) in [5.74, 6) is -0.512. The summed E-state index contributed by atoms with van der Waals surface area (Å²) in [5, 5.41) is 4.36. The molecule has 9 heteroatoms. The number of fused-ring (bicyclic) bond motifs is 3. The summed E-state index contributed by atoms with van der Waals surface area (Å²) in [6.45, 7) is 1.90. The van der Waals surface area contributed by atoms with Crippen molar-refractivity contribution in [1.82, 2.24) is 15.0 Å². The van der Waals surface area contributed by atoms with Crippen molar-refractivity contribution in [3.63, 3.8) is 0 Å². The third-order valence-corrected chi connectivity index (χ3v) is 5.40. The van der Waals surface area contributed by atoms with E-state index in [-0.39, 0.29) is 5.69 Å². The van der Waals surface area contributed by atoms with E-state index in [1.165, 1.54) is 12.1 Å². The van der Waals surface area contributed by atoms with Gasteiger partial charge in [-0.1, -0.05) is 12.1 Å². The average Bonchev–Trinajstić information content (AvgIpc) is 3.17. The number of rotatable bonds is 3. The lowest BCUT2D eigenvalue weighted by Gasteiger charge is -2.11. The molecule has 33 heavy (non-hydrogen) atoms. The smallest absolute Gasteiger partial charge is 0.322 e. The Balaban J connectivity index is 1.48. The third-order valence-electron chi connectivity index (χ3n) is 5.40. The number of anilines is 1. The van der Waals surface area contributed by atoms with Crippen LogP contribution in [0.25, 0.3) is 33.3 Å². The lowest BCUT2D eigenvalue weighted by Crippen LogP contribution is -2.13. The van der Waals surface area contributed by atoms with Crippen molar-refractivity contribution in [3.8, 4) is 11.3 Å². The van der Waals surface area contributed by atoms with E-state index >= 15 is 0 Å². The maximum atomic E-state index is 13.0. The number of hydrogen-bond acceptors (Lipinski definition) is 3. The van der Waals surface area contributed by atoms with Crippen LogP contribution >= 0.6 is 0 Å². The number of aromatic amines is 2. The maximum Gasteiger partial charge on any atom is 0.416 e.